The molecule has 4 nitrogen and oxygen atoms in total. The van der Waals surface area contributed by atoms with E-state index in [-0.39, 0.29) is 11.8 Å². The van der Waals surface area contributed by atoms with E-state index in [0.717, 1.165) is 21.8 Å². The SMILES string of the molecule is CCCCc1ccc(CNC(=O)c2ccc3c(c2)NC(=O)c2ccccc2S3)cc1. The largest absolute Gasteiger partial charge is 0.348 e. The molecule has 3 aromatic carbocycles. The third-order valence-electron chi connectivity index (χ3n) is 5.14. The van der Waals surface area contributed by atoms with Crippen LogP contribution in [0.25, 0.3) is 0 Å². The molecule has 0 unspecified atom stereocenters. The maximum Gasteiger partial charge on any atom is 0.256 e. The Bertz CT molecular complexity index is 1080. The van der Waals surface area contributed by atoms with E-state index in [9.17, 15) is 9.59 Å². The Labute approximate surface area is 181 Å². The highest BCUT2D eigenvalue weighted by Gasteiger charge is 2.20. The molecule has 2 amide bonds. The average molecular weight is 417 g/mol. The minimum Gasteiger partial charge on any atom is -0.348 e. The molecule has 152 valence electrons. The van der Waals surface area contributed by atoms with Crippen molar-refractivity contribution in [2.75, 3.05) is 5.32 Å². The second kappa shape index (κ2) is 9.18. The molecule has 0 aromatic heterocycles. The molecule has 2 N–H and O–H groups in total. The zero-order valence-electron chi connectivity index (χ0n) is 16.9. The van der Waals surface area contributed by atoms with E-state index in [4.69, 9.17) is 0 Å². The monoisotopic (exact) mass is 416 g/mol. The lowest BCUT2D eigenvalue weighted by atomic mass is 10.1. The topological polar surface area (TPSA) is 58.2 Å². The molecule has 0 saturated carbocycles. The summed E-state index contributed by atoms with van der Waals surface area (Å²) >= 11 is 1.53. The van der Waals surface area contributed by atoms with E-state index >= 15 is 0 Å². The van der Waals surface area contributed by atoms with Crippen LogP contribution in [0.1, 0.15) is 51.6 Å². The lowest BCUT2D eigenvalue weighted by Crippen LogP contribution is -2.23. The molecule has 0 radical (unpaired) electrons. The normalized spacial score (nSPS) is 12.4. The van der Waals surface area contributed by atoms with Gasteiger partial charge in [-0.1, -0.05) is 61.5 Å². The van der Waals surface area contributed by atoms with Crippen LogP contribution in [0, 0.1) is 0 Å². The summed E-state index contributed by atoms with van der Waals surface area (Å²) in [6, 6.07) is 21.3. The minimum atomic E-state index is -0.158. The number of hydrogen-bond donors (Lipinski definition) is 2. The quantitative estimate of drug-likeness (QED) is 0.544. The van der Waals surface area contributed by atoms with Crippen LogP contribution in [0.15, 0.2) is 76.5 Å². The first-order chi connectivity index (χ1) is 14.6. The van der Waals surface area contributed by atoms with Gasteiger partial charge in [0, 0.05) is 21.9 Å². The smallest absolute Gasteiger partial charge is 0.256 e. The first-order valence-electron chi connectivity index (χ1n) is 10.2. The zero-order valence-corrected chi connectivity index (χ0v) is 17.7. The van der Waals surface area contributed by atoms with Gasteiger partial charge in [-0.05, 0) is 54.3 Å². The average Bonchev–Trinajstić information content (AvgIpc) is 2.92. The van der Waals surface area contributed by atoms with E-state index in [1.54, 1.807) is 12.1 Å². The molecule has 0 bridgehead atoms. The Balaban J connectivity index is 1.43. The number of unbranched alkanes of at least 4 members (excludes halogenated alkanes) is 1. The third-order valence-corrected chi connectivity index (χ3v) is 6.29. The summed E-state index contributed by atoms with van der Waals surface area (Å²) in [5.41, 5.74) is 4.23. The van der Waals surface area contributed by atoms with Crippen LogP contribution in [-0.4, -0.2) is 11.8 Å². The number of carbonyl (C=O) groups excluding carboxylic acids is 2. The second-order valence-electron chi connectivity index (χ2n) is 7.37. The predicted molar refractivity (Wildman–Crippen MR) is 121 cm³/mol. The number of nitrogens with one attached hydrogen (secondary N) is 2. The van der Waals surface area contributed by atoms with Crippen LogP contribution in [0.4, 0.5) is 5.69 Å². The number of benzene rings is 3. The van der Waals surface area contributed by atoms with Crippen LogP contribution in [0.3, 0.4) is 0 Å². The van der Waals surface area contributed by atoms with Gasteiger partial charge in [-0.3, -0.25) is 9.59 Å². The molecule has 1 heterocycles. The molecule has 1 aliphatic heterocycles. The van der Waals surface area contributed by atoms with Crippen LogP contribution in [0.2, 0.25) is 0 Å². The Hall–Kier alpha value is -3.05. The van der Waals surface area contributed by atoms with Gasteiger partial charge in [-0.25, -0.2) is 0 Å². The molecule has 0 fully saturated rings. The summed E-state index contributed by atoms with van der Waals surface area (Å²) < 4.78 is 0. The maximum absolute atomic E-state index is 12.7. The van der Waals surface area contributed by atoms with Gasteiger partial charge < -0.3 is 10.6 Å². The lowest BCUT2D eigenvalue weighted by Gasteiger charge is -2.10. The Morgan fingerprint density at radius 2 is 1.73 bits per heavy atom. The van der Waals surface area contributed by atoms with E-state index < -0.39 is 0 Å². The second-order valence-corrected chi connectivity index (χ2v) is 8.45. The molecule has 0 aliphatic carbocycles. The minimum absolute atomic E-state index is 0.155. The number of aryl methyl sites for hydroxylation is 1. The Morgan fingerprint density at radius 3 is 2.53 bits per heavy atom. The van der Waals surface area contributed by atoms with Gasteiger partial charge in [0.2, 0.25) is 0 Å². The van der Waals surface area contributed by atoms with Crippen molar-refractivity contribution in [1.82, 2.24) is 5.32 Å². The summed E-state index contributed by atoms with van der Waals surface area (Å²) in [6.45, 7) is 2.66. The summed E-state index contributed by atoms with van der Waals surface area (Å²) in [5.74, 6) is -0.313. The summed E-state index contributed by atoms with van der Waals surface area (Å²) in [6.07, 6.45) is 3.46. The van der Waals surface area contributed by atoms with Gasteiger partial charge in [0.15, 0.2) is 0 Å². The Kier molecular flexibility index (Phi) is 6.19. The fourth-order valence-electron chi connectivity index (χ4n) is 3.40. The van der Waals surface area contributed by atoms with Gasteiger partial charge in [-0.15, -0.1) is 0 Å². The highest BCUT2D eigenvalue weighted by atomic mass is 32.2. The van der Waals surface area contributed by atoms with Crippen molar-refractivity contribution >= 4 is 29.3 Å². The van der Waals surface area contributed by atoms with Crippen molar-refractivity contribution in [2.24, 2.45) is 0 Å². The number of amides is 2. The lowest BCUT2D eigenvalue weighted by molar-refractivity contribution is 0.0949. The first-order valence-corrected chi connectivity index (χ1v) is 11.0. The molecular weight excluding hydrogens is 392 g/mol. The van der Waals surface area contributed by atoms with Gasteiger partial charge in [0.25, 0.3) is 11.8 Å². The predicted octanol–water partition coefficient (Wildman–Crippen LogP) is 5.68. The van der Waals surface area contributed by atoms with Gasteiger partial charge >= 0.3 is 0 Å². The van der Waals surface area contributed by atoms with Crippen molar-refractivity contribution in [1.29, 1.82) is 0 Å². The van der Waals surface area contributed by atoms with Crippen molar-refractivity contribution in [3.05, 3.63) is 89.0 Å². The van der Waals surface area contributed by atoms with Gasteiger partial charge in [-0.2, -0.15) is 0 Å². The van der Waals surface area contributed by atoms with Crippen molar-refractivity contribution < 1.29 is 9.59 Å². The van der Waals surface area contributed by atoms with Crippen LogP contribution in [0.5, 0.6) is 0 Å². The maximum atomic E-state index is 12.7. The molecular formula is C25H24N2O2S. The number of carbonyl (C=O) groups is 2. The number of hydrogen-bond acceptors (Lipinski definition) is 3. The van der Waals surface area contributed by atoms with Gasteiger partial charge in [0.1, 0.15) is 0 Å². The molecule has 0 atom stereocenters. The molecule has 30 heavy (non-hydrogen) atoms. The van der Waals surface area contributed by atoms with Crippen LogP contribution in [-0.2, 0) is 13.0 Å². The van der Waals surface area contributed by atoms with Crippen molar-refractivity contribution in [2.45, 2.75) is 42.5 Å². The van der Waals surface area contributed by atoms with Crippen LogP contribution >= 0.6 is 11.8 Å². The number of rotatable bonds is 6. The fraction of sp³-hybridized carbons (Fsp3) is 0.200. The van der Waals surface area contributed by atoms with E-state index in [0.29, 0.717) is 23.4 Å². The number of fused-ring (bicyclic) bond motifs is 2. The third kappa shape index (κ3) is 4.57. The first kappa shape index (κ1) is 20.2. The van der Waals surface area contributed by atoms with Gasteiger partial charge in [0.05, 0.1) is 11.3 Å². The molecule has 3 aromatic rings. The fourth-order valence-corrected chi connectivity index (χ4v) is 4.41. The summed E-state index contributed by atoms with van der Waals surface area (Å²) in [5, 5.41) is 5.90. The Morgan fingerprint density at radius 1 is 0.967 bits per heavy atom. The van der Waals surface area contributed by atoms with E-state index in [1.807, 2.05) is 30.3 Å². The number of anilines is 1. The highest BCUT2D eigenvalue weighted by Crippen LogP contribution is 2.38. The van der Waals surface area contributed by atoms with E-state index in [2.05, 4.69) is 41.8 Å². The molecule has 4 rings (SSSR count). The van der Waals surface area contributed by atoms with E-state index in [1.165, 1.54) is 30.2 Å². The van der Waals surface area contributed by atoms with Crippen molar-refractivity contribution in [3.8, 4) is 0 Å². The molecule has 0 spiro atoms. The molecule has 0 saturated heterocycles. The van der Waals surface area contributed by atoms with Crippen molar-refractivity contribution in [3.63, 3.8) is 0 Å². The molecule has 1 aliphatic rings. The highest BCUT2D eigenvalue weighted by molar-refractivity contribution is 7.99. The molecule has 5 heteroatoms. The van der Waals surface area contributed by atoms with Crippen LogP contribution < -0.4 is 10.6 Å². The standard InChI is InChI=1S/C25H24N2O2S/c1-2-3-6-17-9-11-18(12-10-17)16-26-24(28)19-13-14-23-21(15-19)27-25(29)20-7-4-5-8-22(20)30-23/h4-5,7-15H,2-3,6,16H2,1H3,(H,26,28)(H,27,29). The summed E-state index contributed by atoms with van der Waals surface area (Å²) in [7, 11) is 0. The zero-order chi connectivity index (χ0) is 20.9. The summed E-state index contributed by atoms with van der Waals surface area (Å²) in [4.78, 5) is 27.0.